The lowest BCUT2D eigenvalue weighted by Gasteiger charge is -2.33. The molecule has 2 atom stereocenters. The summed E-state index contributed by atoms with van der Waals surface area (Å²) in [7, 11) is -4.11. The number of anilines is 1. The van der Waals surface area contributed by atoms with E-state index in [0.29, 0.717) is 17.1 Å². The number of carbonyl (C=O) groups excluding carboxylic acids is 2. The molecule has 0 heterocycles. The molecule has 0 aromatic heterocycles. The van der Waals surface area contributed by atoms with Crippen LogP contribution in [0.5, 0.6) is 0 Å². The zero-order chi connectivity index (χ0) is 29.4. The fraction of sp³-hybridized carbons (Fsp3) is 0.333. The Morgan fingerprint density at radius 3 is 2.08 bits per heavy atom. The molecule has 214 valence electrons. The van der Waals surface area contributed by atoms with Crippen LogP contribution < -0.4 is 9.62 Å². The van der Waals surface area contributed by atoms with Crippen LogP contribution in [0.15, 0.2) is 82.2 Å². The maximum absolute atomic E-state index is 14.1. The van der Waals surface area contributed by atoms with Crippen molar-refractivity contribution in [3.8, 4) is 0 Å². The Hall–Kier alpha value is -2.88. The molecule has 0 saturated heterocycles. The maximum atomic E-state index is 14.1. The van der Waals surface area contributed by atoms with Gasteiger partial charge in [0.2, 0.25) is 11.8 Å². The number of carbonyl (C=O) groups is 2. The Morgan fingerprint density at radius 1 is 0.925 bits per heavy atom. The molecule has 10 heteroatoms. The topological polar surface area (TPSA) is 86.8 Å². The number of benzene rings is 3. The summed E-state index contributed by atoms with van der Waals surface area (Å²) in [6, 6.07) is 19.3. The SMILES string of the molecule is CC[C@H](C(=O)N[C@@H](C)CC)N(Cc1ccc(Cl)cc1)C(=O)CN(c1ccc(Br)cc1)S(=O)(=O)c1ccc(C)cc1. The number of amides is 2. The van der Waals surface area contributed by atoms with Crippen molar-refractivity contribution in [2.24, 2.45) is 0 Å². The first-order valence-corrected chi connectivity index (χ1v) is 15.8. The molecule has 7 nitrogen and oxygen atoms in total. The predicted octanol–water partition coefficient (Wildman–Crippen LogP) is 6.33. The van der Waals surface area contributed by atoms with E-state index in [1.54, 1.807) is 60.7 Å². The van der Waals surface area contributed by atoms with Crippen LogP contribution in [0.3, 0.4) is 0 Å². The summed E-state index contributed by atoms with van der Waals surface area (Å²) in [5, 5.41) is 3.52. The van der Waals surface area contributed by atoms with Gasteiger partial charge in [0.1, 0.15) is 12.6 Å². The van der Waals surface area contributed by atoms with Crippen LogP contribution in [-0.2, 0) is 26.2 Å². The molecule has 40 heavy (non-hydrogen) atoms. The van der Waals surface area contributed by atoms with Crippen molar-refractivity contribution in [2.45, 2.75) is 64.1 Å². The number of sulfonamides is 1. The van der Waals surface area contributed by atoms with E-state index in [1.165, 1.54) is 17.0 Å². The third-order valence-electron chi connectivity index (χ3n) is 6.66. The van der Waals surface area contributed by atoms with E-state index < -0.39 is 28.5 Å². The molecule has 0 bridgehead atoms. The highest BCUT2D eigenvalue weighted by Crippen LogP contribution is 2.26. The average molecular weight is 649 g/mol. The molecule has 2 amide bonds. The monoisotopic (exact) mass is 647 g/mol. The fourth-order valence-corrected chi connectivity index (χ4v) is 5.93. The standard InChI is InChI=1S/C30H35BrClN3O4S/c1-5-22(4)33-30(37)28(6-2)34(19-23-9-13-25(32)14-10-23)29(36)20-35(26-15-11-24(31)12-16-26)40(38,39)27-17-7-21(3)8-18-27/h7-18,22,28H,5-6,19-20H2,1-4H3,(H,33,37)/t22-,28+/m0/s1. The van der Waals surface area contributed by atoms with Crippen LogP contribution in [0, 0.1) is 6.92 Å². The highest BCUT2D eigenvalue weighted by atomic mass is 79.9. The van der Waals surface area contributed by atoms with Gasteiger partial charge in [-0.3, -0.25) is 13.9 Å². The van der Waals surface area contributed by atoms with Crippen LogP contribution in [-0.4, -0.2) is 43.8 Å². The van der Waals surface area contributed by atoms with Gasteiger partial charge in [0, 0.05) is 22.1 Å². The van der Waals surface area contributed by atoms with Crippen LogP contribution >= 0.6 is 27.5 Å². The first kappa shape index (κ1) is 31.6. The molecule has 3 aromatic rings. The number of aryl methyl sites for hydroxylation is 1. The summed E-state index contributed by atoms with van der Waals surface area (Å²) >= 11 is 9.46. The predicted molar refractivity (Wildman–Crippen MR) is 164 cm³/mol. The minimum absolute atomic E-state index is 0.0691. The average Bonchev–Trinajstić information content (AvgIpc) is 2.93. The van der Waals surface area contributed by atoms with Crippen molar-refractivity contribution in [3.05, 3.63) is 93.4 Å². The second kappa shape index (κ2) is 14.1. The molecular weight excluding hydrogens is 614 g/mol. The molecule has 0 aliphatic carbocycles. The van der Waals surface area contributed by atoms with Gasteiger partial charge in [0.05, 0.1) is 10.6 Å². The molecule has 0 radical (unpaired) electrons. The van der Waals surface area contributed by atoms with E-state index in [0.717, 1.165) is 26.3 Å². The van der Waals surface area contributed by atoms with Gasteiger partial charge < -0.3 is 10.2 Å². The minimum Gasteiger partial charge on any atom is -0.352 e. The van der Waals surface area contributed by atoms with Crippen LogP contribution in [0.4, 0.5) is 5.69 Å². The molecule has 0 spiro atoms. The highest BCUT2D eigenvalue weighted by Gasteiger charge is 2.34. The second-order valence-electron chi connectivity index (χ2n) is 9.69. The Balaban J connectivity index is 2.04. The summed E-state index contributed by atoms with van der Waals surface area (Å²) in [6.45, 7) is 7.20. The van der Waals surface area contributed by atoms with Gasteiger partial charge in [0.25, 0.3) is 10.0 Å². The van der Waals surface area contributed by atoms with Gasteiger partial charge in [0.15, 0.2) is 0 Å². The quantitative estimate of drug-likeness (QED) is 0.249. The maximum Gasteiger partial charge on any atom is 0.264 e. The summed E-state index contributed by atoms with van der Waals surface area (Å²) in [6.07, 6.45) is 1.09. The van der Waals surface area contributed by atoms with Crippen molar-refractivity contribution in [3.63, 3.8) is 0 Å². The van der Waals surface area contributed by atoms with Gasteiger partial charge in [-0.2, -0.15) is 0 Å². The summed E-state index contributed by atoms with van der Waals surface area (Å²) in [5.41, 5.74) is 2.02. The van der Waals surface area contributed by atoms with E-state index >= 15 is 0 Å². The van der Waals surface area contributed by atoms with E-state index in [4.69, 9.17) is 11.6 Å². The van der Waals surface area contributed by atoms with Crippen molar-refractivity contribution >= 4 is 55.1 Å². The number of nitrogens with one attached hydrogen (secondary N) is 1. The summed E-state index contributed by atoms with van der Waals surface area (Å²) in [4.78, 5) is 28.9. The molecule has 3 rings (SSSR count). The van der Waals surface area contributed by atoms with Crippen LogP contribution in [0.1, 0.15) is 44.7 Å². The molecule has 3 aromatic carbocycles. The van der Waals surface area contributed by atoms with Gasteiger partial charge >= 0.3 is 0 Å². The molecule has 0 aliphatic rings. The summed E-state index contributed by atoms with van der Waals surface area (Å²) < 4.78 is 29.6. The van der Waals surface area contributed by atoms with Crippen molar-refractivity contribution in [1.82, 2.24) is 10.2 Å². The van der Waals surface area contributed by atoms with Crippen LogP contribution in [0.2, 0.25) is 5.02 Å². The second-order valence-corrected chi connectivity index (χ2v) is 12.9. The molecule has 1 N–H and O–H groups in total. The van der Waals surface area contributed by atoms with E-state index in [1.807, 2.05) is 27.7 Å². The Bertz CT molecular complexity index is 1400. The summed E-state index contributed by atoms with van der Waals surface area (Å²) in [5.74, 6) is -0.782. The smallest absolute Gasteiger partial charge is 0.264 e. The number of rotatable bonds is 12. The third kappa shape index (κ3) is 8.08. The molecule has 0 saturated carbocycles. The Kier molecular flexibility index (Phi) is 11.2. The van der Waals surface area contributed by atoms with E-state index in [-0.39, 0.29) is 23.4 Å². The van der Waals surface area contributed by atoms with Gasteiger partial charge in [-0.05, 0) is 80.8 Å². The highest BCUT2D eigenvalue weighted by molar-refractivity contribution is 9.10. The number of halogens is 2. The number of nitrogens with zero attached hydrogens (tertiary/aromatic N) is 2. The van der Waals surface area contributed by atoms with Crippen molar-refractivity contribution in [2.75, 3.05) is 10.8 Å². The van der Waals surface area contributed by atoms with Crippen LogP contribution in [0.25, 0.3) is 0 Å². The first-order chi connectivity index (χ1) is 19.0. The lowest BCUT2D eigenvalue weighted by Crippen LogP contribution is -2.53. The molecule has 0 aliphatic heterocycles. The minimum atomic E-state index is -4.11. The van der Waals surface area contributed by atoms with Crippen molar-refractivity contribution in [1.29, 1.82) is 0 Å². The van der Waals surface area contributed by atoms with E-state index in [2.05, 4.69) is 21.2 Å². The van der Waals surface area contributed by atoms with Gasteiger partial charge in [-0.1, -0.05) is 71.2 Å². The molecule has 0 fully saturated rings. The first-order valence-electron chi connectivity index (χ1n) is 13.2. The van der Waals surface area contributed by atoms with Gasteiger partial charge in [-0.25, -0.2) is 8.42 Å². The Morgan fingerprint density at radius 2 is 1.52 bits per heavy atom. The third-order valence-corrected chi connectivity index (χ3v) is 9.22. The van der Waals surface area contributed by atoms with E-state index in [9.17, 15) is 18.0 Å². The molecular formula is C30H35BrClN3O4S. The fourth-order valence-electron chi connectivity index (χ4n) is 4.12. The Labute approximate surface area is 250 Å². The van der Waals surface area contributed by atoms with Crippen molar-refractivity contribution < 1.29 is 18.0 Å². The van der Waals surface area contributed by atoms with Gasteiger partial charge in [-0.15, -0.1) is 0 Å². The zero-order valence-corrected chi connectivity index (χ0v) is 26.3. The lowest BCUT2D eigenvalue weighted by molar-refractivity contribution is -0.140. The zero-order valence-electron chi connectivity index (χ0n) is 23.1. The lowest BCUT2D eigenvalue weighted by atomic mass is 10.1. The number of hydrogen-bond donors (Lipinski definition) is 1. The normalized spacial score (nSPS) is 12.8. The largest absolute Gasteiger partial charge is 0.352 e. The molecule has 0 unspecified atom stereocenters. The number of hydrogen-bond acceptors (Lipinski definition) is 4.